The second-order valence-corrected chi connectivity index (χ2v) is 9.88. The number of hydrogen-bond donors (Lipinski definition) is 0. The number of hydrogen-bond acceptors (Lipinski definition) is 8. The summed E-state index contributed by atoms with van der Waals surface area (Å²) in [4.78, 5) is 50.5. The number of rotatable bonds is 5. The van der Waals surface area contributed by atoms with Crippen molar-refractivity contribution in [3.8, 4) is 5.75 Å². The Kier molecular flexibility index (Phi) is 6.92. The Morgan fingerprint density at radius 3 is 2.39 bits per heavy atom. The molecule has 2 aliphatic heterocycles. The van der Waals surface area contributed by atoms with Crippen LogP contribution in [0.4, 0.5) is 5.69 Å². The molecule has 2 fully saturated rings. The average molecular weight is 512 g/mol. The number of aromatic nitrogens is 2. The number of fused-ring (bicyclic) bond motifs is 1. The molecule has 0 unspecified atom stereocenters. The van der Waals surface area contributed by atoms with E-state index in [9.17, 15) is 14.4 Å². The van der Waals surface area contributed by atoms with Crippen LogP contribution in [-0.4, -0.2) is 90.8 Å². The summed E-state index contributed by atoms with van der Waals surface area (Å²) >= 11 is 1.24. The number of morpholine rings is 1. The number of thiophene rings is 1. The number of amides is 2. The maximum absolute atomic E-state index is 13.4. The second-order valence-electron chi connectivity index (χ2n) is 8.88. The summed E-state index contributed by atoms with van der Waals surface area (Å²) in [5.41, 5.74) is 1.43. The minimum absolute atomic E-state index is 0.0757. The number of anilines is 1. The summed E-state index contributed by atoms with van der Waals surface area (Å²) in [5.74, 6) is 0.589. The molecule has 2 aromatic heterocycles. The highest BCUT2D eigenvalue weighted by Crippen LogP contribution is 2.29. The fourth-order valence-corrected chi connectivity index (χ4v) is 5.75. The van der Waals surface area contributed by atoms with Crippen molar-refractivity contribution in [2.45, 2.75) is 13.5 Å². The summed E-state index contributed by atoms with van der Waals surface area (Å²) in [6.07, 6.45) is 1.40. The molecule has 2 amide bonds. The van der Waals surface area contributed by atoms with Crippen molar-refractivity contribution in [2.75, 3.05) is 64.5 Å². The second kappa shape index (κ2) is 10.3. The van der Waals surface area contributed by atoms with Gasteiger partial charge in [-0.2, -0.15) is 0 Å². The van der Waals surface area contributed by atoms with E-state index in [0.29, 0.717) is 60.1 Å². The Morgan fingerprint density at radius 2 is 1.72 bits per heavy atom. The highest BCUT2D eigenvalue weighted by molar-refractivity contribution is 7.20. The largest absolute Gasteiger partial charge is 0.497 e. The molecule has 0 spiro atoms. The molecule has 11 heteroatoms. The third-order valence-electron chi connectivity index (χ3n) is 6.79. The average Bonchev–Trinajstić information content (AvgIpc) is 3.27. The molecule has 0 aliphatic carbocycles. The van der Waals surface area contributed by atoms with E-state index in [1.807, 2.05) is 29.2 Å². The SMILES string of the molecule is COc1ccc(N2CCN(C(=O)c3sc4ncn(CC(=O)N5CCOCC5)c(=O)c4c3C)CC2)cc1. The number of piperazine rings is 1. The van der Waals surface area contributed by atoms with Gasteiger partial charge in [-0.25, -0.2) is 4.98 Å². The lowest BCUT2D eigenvalue weighted by Crippen LogP contribution is -2.48. The molecule has 36 heavy (non-hydrogen) atoms. The Labute approximate surface area is 212 Å². The fourth-order valence-electron chi connectivity index (χ4n) is 4.64. The van der Waals surface area contributed by atoms with Gasteiger partial charge in [0.05, 0.1) is 36.9 Å². The Balaban J connectivity index is 1.30. The molecule has 0 saturated carbocycles. The number of nitrogens with zero attached hydrogens (tertiary/aromatic N) is 5. The van der Waals surface area contributed by atoms with Crippen LogP contribution in [-0.2, 0) is 16.1 Å². The van der Waals surface area contributed by atoms with Crippen molar-refractivity contribution in [1.29, 1.82) is 0 Å². The van der Waals surface area contributed by atoms with Gasteiger partial charge < -0.3 is 24.2 Å². The van der Waals surface area contributed by atoms with Gasteiger partial charge in [-0.1, -0.05) is 0 Å². The molecule has 0 bridgehead atoms. The molecule has 0 atom stereocenters. The van der Waals surface area contributed by atoms with Gasteiger partial charge in [-0.3, -0.25) is 19.0 Å². The molecule has 2 aliphatic rings. The molecule has 1 aromatic carbocycles. The normalized spacial score (nSPS) is 16.4. The lowest BCUT2D eigenvalue weighted by molar-refractivity contribution is -0.135. The Hall–Kier alpha value is -3.44. The third kappa shape index (κ3) is 4.68. The number of aryl methyl sites for hydroxylation is 1. The van der Waals surface area contributed by atoms with Crippen molar-refractivity contribution in [3.63, 3.8) is 0 Å². The van der Waals surface area contributed by atoms with Crippen molar-refractivity contribution >= 4 is 39.1 Å². The van der Waals surface area contributed by atoms with Crippen LogP contribution in [0.3, 0.4) is 0 Å². The minimum atomic E-state index is -0.293. The topological polar surface area (TPSA) is 97.2 Å². The predicted molar refractivity (Wildman–Crippen MR) is 137 cm³/mol. The molecular formula is C25H29N5O5S. The fraction of sp³-hybridized carbons (Fsp3) is 0.440. The van der Waals surface area contributed by atoms with Crippen LogP contribution in [0.2, 0.25) is 0 Å². The third-order valence-corrected chi connectivity index (χ3v) is 7.97. The van der Waals surface area contributed by atoms with Gasteiger partial charge >= 0.3 is 0 Å². The van der Waals surface area contributed by atoms with E-state index in [1.54, 1.807) is 18.9 Å². The quantitative estimate of drug-likeness (QED) is 0.513. The lowest BCUT2D eigenvalue weighted by atomic mass is 10.2. The number of carbonyl (C=O) groups excluding carboxylic acids is 2. The van der Waals surface area contributed by atoms with E-state index in [-0.39, 0.29) is 23.9 Å². The highest BCUT2D eigenvalue weighted by atomic mass is 32.1. The number of ether oxygens (including phenoxy) is 2. The molecule has 5 rings (SSSR count). The van der Waals surface area contributed by atoms with Crippen molar-refractivity contribution in [2.24, 2.45) is 0 Å². The smallest absolute Gasteiger partial charge is 0.264 e. The van der Waals surface area contributed by atoms with Crippen LogP contribution >= 0.6 is 11.3 Å². The van der Waals surface area contributed by atoms with E-state index < -0.39 is 0 Å². The van der Waals surface area contributed by atoms with E-state index >= 15 is 0 Å². The summed E-state index contributed by atoms with van der Waals surface area (Å²) in [7, 11) is 1.64. The van der Waals surface area contributed by atoms with E-state index in [4.69, 9.17) is 9.47 Å². The van der Waals surface area contributed by atoms with Gasteiger partial charge in [0, 0.05) is 45.0 Å². The van der Waals surface area contributed by atoms with Crippen LogP contribution < -0.4 is 15.2 Å². The molecule has 4 heterocycles. The predicted octanol–water partition coefficient (Wildman–Crippen LogP) is 1.60. The molecular weight excluding hydrogens is 482 g/mol. The summed E-state index contributed by atoms with van der Waals surface area (Å²) in [6.45, 7) is 6.37. The standard InChI is InChI=1S/C25H29N5O5S/c1-17-21-23(26-16-30(24(21)32)15-20(31)28-11-13-35-14-12-28)36-22(17)25(33)29-9-7-27(8-10-29)18-3-5-19(34-2)6-4-18/h3-6,16H,7-15H2,1-2H3. The number of methoxy groups -OCH3 is 1. The molecule has 0 N–H and O–H groups in total. The first-order valence-corrected chi connectivity index (χ1v) is 12.8. The van der Waals surface area contributed by atoms with Crippen molar-refractivity contribution in [3.05, 3.63) is 51.4 Å². The first-order valence-electron chi connectivity index (χ1n) is 12.0. The zero-order valence-corrected chi connectivity index (χ0v) is 21.3. The van der Waals surface area contributed by atoms with Crippen molar-refractivity contribution in [1.82, 2.24) is 19.4 Å². The molecule has 0 radical (unpaired) electrons. The van der Waals surface area contributed by atoms with Gasteiger partial charge in [-0.15, -0.1) is 11.3 Å². The molecule has 2 saturated heterocycles. The first kappa shape index (κ1) is 24.3. The summed E-state index contributed by atoms with van der Waals surface area (Å²) in [6, 6.07) is 7.91. The van der Waals surface area contributed by atoms with E-state index in [0.717, 1.165) is 24.5 Å². The van der Waals surface area contributed by atoms with Gasteiger partial charge in [-0.05, 0) is 36.8 Å². The molecule has 190 valence electrons. The zero-order valence-electron chi connectivity index (χ0n) is 20.4. The van der Waals surface area contributed by atoms with Crippen LogP contribution in [0.1, 0.15) is 15.2 Å². The summed E-state index contributed by atoms with van der Waals surface area (Å²) < 4.78 is 11.9. The molecule has 3 aromatic rings. The monoisotopic (exact) mass is 511 g/mol. The van der Waals surface area contributed by atoms with Gasteiger partial charge in [0.2, 0.25) is 5.91 Å². The number of benzene rings is 1. The maximum atomic E-state index is 13.4. The first-order chi connectivity index (χ1) is 17.5. The van der Waals surface area contributed by atoms with Gasteiger partial charge in [0.15, 0.2) is 0 Å². The van der Waals surface area contributed by atoms with E-state index in [1.165, 1.54) is 22.2 Å². The van der Waals surface area contributed by atoms with Crippen molar-refractivity contribution < 1.29 is 19.1 Å². The zero-order chi connectivity index (χ0) is 25.2. The van der Waals surface area contributed by atoms with Crippen LogP contribution in [0, 0.1) is 6.92 Å². The van der Waals surface area contributed by atoms with Crippen LogP contribution in [0.15, 0.2) is 35.4 Å². The minimum Gasteiger partial charge on any atom is -0.497 e. The van der Waals surface area contributed by atoms with Gasteiger partial charge in [0.1, 0.15) is 17.1 Å². The Bertz CT molecular complexity index is 1320. The Morgan fingerprint density at radius 1 is 1.03 bits per heavy atom. The van der Waals surface area contributed by atoms with Gasteiger partial charge in [0.25, 0.3) is 11.5 Å². The van der Waals surface area contributed by atoms with Crippen LogP contribution in [0.25, 0.3) is 10.2 Å². The summed E-state index contributed by atoms with van der Waals surface area (Å²) in [5, 5.41) is 0.414. The van der Waals surface area contributed by atoms with E-state index in [2.05, 4.69) is 9.88 Å². The molecule has 10 nitrogen and oxygen atoms in total. The van der Waals surface area contributed by atoms with Crippen LogP contribution in [0.5, 0.6) is 5.75 Å². The number of carbonyl (C=O) groups is 2. The highest BCUT2D eigenvalue weighted by Gasteiger charge is 2.27. The lowest BCUT2D eigenvalue weighted by Gasteiger charge is -2.36. The maximum Gasteiger partial charge on any atom is 0.264 e.